The summed E-state index contributed by atoms with van der Waals surface area (Å²) in [7, 11) is 1.35. The number of piperazine rings is 1. The van der Waals surface area contributed by atoms with Gasteiger partial charge < -0.3 is 19.9 Å². The Kier molecular flexibility index (Phi) is 7.92. The van der Waals surface area contributed by atoms with E-state index in [0.717, 1.165) is 43.3 Å². The van der Waals surface area contributed by atoms with E-state index in [4.69, 9.17) is 16.3 Å². The Bertz CT molecular complexity index is 660. The maximum atomic E-state index is 12.4. The van der Waals surface area contributed by atoms with Gasteiger partial charge in [0, 0.05) is 10.7 Å². The van der Waals surface area contributed by atoms with Crippen LogP contribution in [-0.2, 0) is 14.3 Å². The van der Waals surface area contributed by atoms with Crippen molar-refractivity contribution >= 4 is 29.2 Å². The first-order valence-corrected chi connectivity index (χ1v) is 9.95. The minimum atomic E-state index is -0.581. The van der Waals surface area contributed by atoms with Crippen LogP contribution in [0.15, 0.2) is 18.2 Å². The van der Waals surface area contributed by atoms with Gasteiger partial charge in [0.15, 0.2) is 6.54 Å². The van der Waals surface area contributed by atoms with Gasteiger partial charge in [-0.3, -0.25) is 4.79 Å². The second-order valence-electron chi connectivity index (χ2n) is 7.30. The lowest BCUT2D eigenvalue weighted by Crippen LogP contribution is -3.16. The summed E-state index contributed by atoms with van der Waals surface area (Å²) in [5.74, 6) is -0.443. The second kappa shape index (κ2) is 9.95. The molecule has 1 amide bonds. The number of anilines is 1. The Morgan fingerprint density at radius 1 is 1.33 bits per heavy atom. The Hall–Kier alpha value is -1.79. The number of esters is 1. The first-order chi connectivity index (χ1) is 12.8. The monoisotopic (exact) mass is 396 g/mol. The van der Waals surface area contributed by atoms with Crippen LogP contribution in [0.3, 0.4) is 0 Å². The molecular weight excluding hydrogens is 366 g/mol. The van der Waals surface area contributed by atoms with Crippen molar-refractivity contribution in [2.45, 2.75) is 33.2 Å². The molecule has 0 aliphatic carbocycles. The highest BCUT2D eigenvalue weighted by Crippen LogP contribution is 2.24. The van der Waals surface area contributed by atoms with Crippen LogP contribution in [0.1, 0.15) is 25.8 Å². The first-order valence-electron chi connectivity index (χ1n) is 9.57. The quantitative estimate of drug-likeness (QED) is 0.676. The third-order valence-electron chi connectivity index (χ3n) is 5.38. The molecule has 2 N–H and O–H groups in total. The van der Waals surface area contributed by atoms with Crippen molar-refractivity contribution in [3.05, 3.63) is 28.8 Å². The fraction of sp³-hybridized carbons (Fsp3) is 0.600. The molecule has 150 valence electrons. The number of carbonyl (C=O) groups is 2. The molecule has 27 heavy (non-hydrogen) atoms. The number of rotatable bonds is 7. The van der Waals surface area contributed by atoms with E-state index < -0.39 is 6.04 Å². The van der Waals surface area contributed by atoms with Gasteiger partial charge in [-0.05, 0) is 30.5 Å². The number of quaternary nitrogens is 1. The van der Waals surface area contributed by atoms with Crippen molar-refractivity contribution in [1.29, 1.82) is 0 Å². The van der Waals surface area contributed by atoms with Crippen molar-refractivity contribution < 1.29 is 19.2 Å². The van der Waals surface area contributed by atoms with Crippen molar-refractivity contribution in [1.82, 2.24) is 5.32 Å². The lowest BCUT2D eigenvalue weighted by Gasteiger charge is -2.34. The number of methoxy groups -OCH3 is 1. The molecule has 0 unspecified atom stereocenters. The van der Waals surface area contributed by atoms with Crippen LogP contribution in [0.25, 0.3) is 0 Å². The molecule has 0 saturated carbocycles. The molecule has 2 rings (SSSR count). The summed E-state index contributed by atoms with van der Waals surface area (Å²) in [6, 6.07) is 5.36. The van der Waals surface area contributed by atoms with E-state index in [1.807, 2.05) is 32.0 Å². The number of halogens is 1. The molecule has 7 heteroatoms. The summed E-state index contributed by atoms with van der Waals surface area (Å²) in [4.78, 5) is 27.9. The highest BCUT2D eigenvalue weighted by atomic mass is 35.5. The van der Waals surface area contributed by atoms with Gasteiger partial charge in [-0.1, -0.05) is 37.9 Å². The molecule has 0 radical (unpaired) electrons. The van der Waals surface area contributed by atoms with Gasteiger partial charge in [0.25, 0.3) is 5.91 Å². The molecule has 1 aromatic rings. The summed E-state index contributed by atoms with van der Waals surface area (Å²) in [6.07, 6.45) is 0.796. The van der Waals surface area contributed by atoms with E-state index in [-0.39, 0.29) is 17.8 Å². The third-order valence-corrected chi connectivity index (χ3v) is 5.61. The number of hydrogen-bond acceptors (Lipinski definition) is 4. The van der Waals surface area contributed by atoms with E-state index in [1.54, 1.807) is 0 Å². The van der Waals surface area contributed by atoms with Gasteiger partial charge in [0.2, 0.25) is 0 Å². The van der Waals surface area contributed by atoms with Gasteiger partial charge in [-0.25, -0.2) is 4.79 Å². The van der Waals surface area contributed by atoms with Crippen LogP contribution < -0.4 is 15.1 Å². The largest absolute Gasteiger partial charge is 0.467 e. The number of aryl methyl sites for hydroxylation is 1. The first kappa shape index (κ1) is 21.5. The number of carbonyl (C=O) groups excluding carboxylic acids is 2. The number of benzene rings is 1. The van der Waals surface area contributed by atoms with Crippen molar-refractivity contribution in [2.75, 3.05) is 44.7 Å². The highest BCUT2D eigenvalue weighted by Gasteiger charge is 2.29. The van der Waals surface area contributed by atoms with Crippen LogP contribution >= 0.6 is 11.6 Å². The summed E-state index contributed by atoms with van der Waals surface area (Å²) >= 11 is 6.13. The Morgan fingerprint density at radius 2 is 2.00 bits per heavy atom. The smallest absolute Gasteiger partial charge is 0.328 e. The number of amides is 1. The van der Waals surface area contributed by atoms with Crippen LogP contribution in [0.5, 0.6) is 0 Å². The summed E-state index contributed by atoms with van der Waals surface area (Å²) < 4.78 is 4.83. The molecule has 2 atom stereocenters. The SMILES string of the molecule is CC[C@@H](C)[C@@H](NC(=O)C[NH+]1CCN(c2cc(Cl)ccc2C)CC1)C(=O)OC. The van der Waals surface area contributed by atoms with Gasteiger partial charge in [-0.2, -0.15) is 0 Å². The van der Waals surface area contributed by atoms with E-state index >= 15 is 0 Å². The number of hydrogen-bond donors (Lipinski definition) is 2. The van der Waals surface area contributed by atoms with Crippen molar-refractivity contribution in [3.8, 4) is 0 Å². The standard InChI is InChI=1S/C20H30ClN3O3/c1-5-14(2)19(20(26)27-4)22-18(25)13-23-8-10-24(11-9-23)17-12-16(21)7-6-15(17)3/h6-7,12,14,19H,5,8-11,13H2,1-4H3,(H,22,25)/p+1/t14-,19-/m1/s1. The molecule has 0 spiro atoms. The minimum absolute atomic E-state index is 0.0408. The van der Waals surface area contributed by atoms with Crippen LogP contribution in [-0.4, -0.2) is 57.8 Å². The lowest BCUT2D eigenvalue weighted by atomic mass is 9.99. The fourth-order valence-corrected chi connectivity index (χ4v) is 3.58. The van der Waals surface area contributed by atoms with Crippen molar-refractivity contribution in [2.24, 2.45) is 5.92 Å². The zero-order chi connectivity index (χ0) is 20.0. The fourth-order valence-electron chi connectivity index (χ4n) is 3.41. The summed E-state index contributed by atoms with van der Waals surface area (Å²) in [6.45, 7) is 9.87. The molecule has 1 aliphatic heterocycles. The number of nitrogens with one attached hydrogen (secondary N) is 2. The number of ether oxygens (including phenoxy) is 1. The predicted molar refractivity (Wildman–Crippen MR) is 107 cm³/mol. The molecule has 1 fully saturated rings. The normalized spacial score (nSPS) is 17.3. The maximum absolute atomic E-state index is 12.4. The van der Waals surface area contributed by atoms with Gasteiger partial charge in [-0.15, -0.1) is 0 Å². The second-order valence-corrected chi connectivity index (χ2v) is 7.73. The van der Waals surface area contributed by atoms with E-state index in [2.05, 4.69) is 17.1 Å². The Morgan fingerprint density at radius 3 is 2.59 bits per heavy atom. The van der Waals surface area contributed by atoms with Gasteiger partial charge in [0.1, 0.15) is 6.04 Å². The van der Waals surface area contributed by atoms with Crippen LogP contribution in [0, 0.1) is 12.8 Å². The van der Waals surface area contributed by atoms with Crippen LogP contribution in [0.4, 0.5) is 5.69 Å². The zero-order valence-corrected chi connectivity index (χ0v) is 17.4. The third kappa shape index (κ3) is 5.84. The van der Waals surface area contributed by atoms with Crippen molar-refractivity contribution in [3.63, 3.8) is 0 Å². The summed E-state index contributed by atoms with van der Waals surface area (Å²) in [5, 5.41) is 3.60. The molecule has 1 heterocycles. The van der Waals surface area contributed by atoms with Gasteiger partial charge in [0.05, 0.1) is 33.3 Å². The molecule has 6 nitrogen and oxygen atoms in total. The Labute approximate surface area is 166 Å². The average molecular weight is 397 g/mol. The number of nitrogens with zero attached hydrogens (tertiary/aromatic N) is 1. The molecule has 1 aromatic carbocycles. The summed E-state index contributed by atoms with van der Waals surface area (Å²) in [5.41, 5.74) is 2.36. The molecule has 0 aromatic heterocycles. The topological polar surface area (TPSA) is 63.1 Å². The highest BCUT2D eigenvalue weighted by molar-refractivity contribution is 6.30. The molecule has 1 saturated heterocycles. The minimum Gasteiger partial charge on any atom is -0.467 e. The zero-order valence-electron chi connectivity index (χ0n) is 16.7. The molecule has 1 aliphatic rings. The molecular formula is C20H31ClN3O3+. The lowest BCUT2D eigenvalue weighted by molar-refractivity contribution is -0.892. The molecule has 0 bridgehead atoms. The van der Waals surface area contributed by atoms with Crippen LogP contribution in [0.2, 0.25) is 5.02 Å². The average Bonchev–Trinajstić information content (AvgIpc) is 2.67. The van der Waals surface area contributed by atoms with Gasteiger partial charge >= 0.3 is 5.97 Å². The van der Waals surface area contributed by atoms with E-state index in [1.165, 1.54) is 17.6 Å². The van der Waals surface area contributed by atoms with E-state index in [9.17, 15) is 9.59 Å². The predicted octanol–water partition coefficient (Wildman–Crippen LogP) is 1.06. The maximum Gasteiger partial charge on any atom is 0.328 e. The van der Waals surface area contributed by atoms with E-state index in [0.29, 0.717) is 6.54 Å². The Balaban J connectivity index is 1.88.